The molecule has 2 atom stereocenters. The Hall–Kier alpha value is -2.39. The number of aromatic nitrogens is 4. The second kappa shape index (κ2) is 7.79. The largest absolute Gasteiger partial charge is 0.392 e. The maximum atomic E-state index is 13.1. The van der Waals surface area contributed by atoms with Crippen LogP contribution < -0.4 is 5.32 Å². The Morgan fingerprint density at radius 1 is 1.24 bits per heavy atom. The first-order chi connectivity index (χ1) is 13.8. The number of aliphatic hydroxyl groups is 1. The van der Waals surface area contributed by atoms with Gasteiger partial charge in [0.15, 0.2) is 5.82 Å². The fraction of sp³-hybridized carbons (Fsp3) is 0.600. The number of likely N-dealkylation sites (tertiary alicyclic amines) is 1. The van der Waals surface area contributed by atoms with E-state index < -0.39 is 6.10 Å². The summed E-state index contributed by atoms with van der Waals surface area (Å²) in [5, 5.41) is 26.3. The van der Waals surface area contributed by atoms with Crippen LogP contribution in [0.4, 0.5) is 4.39 Å². The second-order valence-corrected chi connectivity index (χ2v) is 8.69. The fourth-order valence-corrected chi connectivity index (χ4v) is 3.97. The number of amides is 1. The van der Waals surface area contributed by atoms with Crippen molar-refractivity contribution in [2.75, 3.05) is 19.6 Å². The molecule has 1 amide bonds. The molecule has 0 bridgehead atoms. The molecule has 4 rings (SSSR count). The highest BCUT2D eigenvalue weighted by Crippen LogP contribution is 2.30. The second-order valence-electron chi connectivity index (χ2n) is 8.69. The molecule has 8 nitrogen and oxygen atoms in total. The van der Waals surface area contributed by atoms with Crippen molar-refractivity contribution in [3.63, 3.8) is 0 Å². The molecule has 9 heteroatoms. The van der Waals surface area contributed by atoms with Gasteiger partial charge in [-0.1, -0.05) is 13.8 Å². The number of carbonyl (C=O) groups is 1. The summed E-state index contributed by atoms with van der Waals surface area (Å²) >= 11 is 0. The van der Waals surface area contributed by atoms with Crippen LogP contribution in [0.25, 0.3) is 5.69 Å². The van der Waals surface area contributed by atoms with Crippen LogP contribution in [0.5, 0.6) is 0 Å². The van der Waals surface area contributed by atoms with Crippen LogP contribution >= 0.6 is 0 Å². The Bertz CT molecular complexity index is 860. The number of benzene rings is 1. The van der Waals surface area contributed by atoms with E-state index in [0.717, 1.165) is 12.8 Å². The third kappa shape index (κ3) is 4.16. The SMILES string of the molecule is CC1(C)CN[C@H](C(=O)N2CCC(c3nnn(-c4ccc(F)cc4)n3)CC2)C[C@H]1O. The number of halogens is 1. The number of hydrogen-bond donors (Lipinski definition) is 2. The van der Waals surface area contributed by atoms with Crippen LogP contribution in [0, 0.1) is 11.2 Å². The van der Waals surface area contributed by atoms with Gasteiger partial charge < -0.3 is 15.3 Å². The monoisotopic (exact) mass is 402 g/mol. The zero-order chi connectivity index (χ0) is 20.6. The number of tetrazole rings is 1. The van der Waals surface area contributed by atoms with Crippen LogP contribution in [0.3, 0.4) is 0 Å². The number of nitrogens with zero attached hydrogens (tertiary/aromatic N) is 5. The predicted molar refractivity (Wildman–Crippen MR) is 104 cm³/mol. The molecule has 1 aromatic carbocycles. The van der Waals surface area contributed by atoms with Crippen LogP contribution in [0.2, 0.25) is 0 Å². The number of carbonyl (C=O) groups excluding carboxylic acids is 1. The first-order valence-electron chi connectivity index (χ1n) is 10.1. The molecule has 0 saturated carbocycles. The summed E-state index contributed by atoms with van der Waals surface area (Å²) < 4.78 is 13.1. The lowest BCUT2D eigenvalue weighted by Crippen LogP contribution is -2.58. The van der Waals surface area contributed by atoms with E-state index in [0.29, 0.717) is 37.6 Å². The molecule has 1 aromatic heterocycles. The van der Waals surface area contributed by atoms with Gasteiger partial charge in [0.05, 0.1) is 17.8 Å². The molecule has 156 valence electrons. The normalized spacial score (nSPS) is 25.2. The Labute approximate surface area is 169 Å². The number of piperidine rings is 2. The van der Waals surface area contributed by atoms with E-state index in [-0.39, 0.29) is 29.1 Å². The molecule has 0 spiro atoms. The molecule has 29 heavy (non-hydrogen) atoms. The molecule has 2 aromatic rings. The summed E-state index contributed by atoms with van der Waals surface area (Å²) in [6.07, 6.45) is 1.49. The maximum Gasteiger partial charge on any atom is 0.239 e. The van der Waals surface area contributed by atoms with E-state index in [4.69, 9.17) is 0 Å². The summed E-state index contributed by atoms with van der Waals surface area (Å²) in [4.78, 5) is 16.1. The van der Waals surface area contributed by atoms with Crippen LogP contribution in [0.1, 0.15) is 44.9 Å². The van der Waals surface area contributed by atoms with Crippen LogP contribution in [-0.2, 0) is 4.79 Å². The Morgan fingerprint density at radius 2 is 1.93 bits per heavy atom. The standard InChI is InChI=1S/C20H27FN6O2/c1-20(2)12-22-16(11-17(20)28)19(29)26-9-7-13(8-10-26)18-23-25-27(24-18)15-5-3-14(21)4-6-15/h3-6,13,16-17,22,28H,7-12H2,1-2H3/t16-,17+/m0/s1. The van der Waals surface area contributed by atoms with Crippen LogP contribution in [-0.4, -0.2) is 67.9 Å². The molecule has 0 unspecified atom stereocenters. The van der Waals surface area contributed by atoms with E-state index in [1.165, 1.54) is 16.9 Å². The van der Waals surface area contributed by atoms with Gasteiger partial charge in [-0.3, -0.25) is 4.79 Å². The van der Waals surface area contributed by atoms with Crippen molar-refractivity contribution < 1.29 is 14.3 Å². The Kier molecular flexibility index (Phi) is 5.35. The Balaban J connectivity index is 1.34. The molecular weight excluding hydrogens is 375 g/mol. The minimum Gasteiger partial charge on any atom is -0.392 e. The van der Waals surface area contributed by atoms with Crippen molar-refractivity contribution in [2.24, 2.45) is 5.41 Å². The lowest BCUT2D eigenvalue weighted by atomic mass is 9.79. The van der Waals surface area contributed by atoms with Gasteiger partial charge in [0.1, 0.15) is 5.82 Å². The summed E-state index contributed by atoms with van der Waals surface area (Å²) in [7, 11) is 0. The average molecular weight is 402 g/mol. The molecular formula is C20H27FN6O2. The first kappa shape index (κ1) is 19.9. The highest BCUT2D eigenvalue weighted by atomic mass is 19.1. The first-order valence-corrected chi connectivity index (χ1v) is 10.1. The third-order valence-electron chi connectivity index (χ3n) is 6.12. The van der Waals surface area contributed by atoms with Crippen molar-refractivity contribution in [3.8, 4) is 5.69 Å². The van der Waals surface area contributed by atoms with Gasteiger partial charge in [-0.05, 0) is 48.7 Å². The van der Waals surface area contributed by atoms with Crippen molar-refractivity contribution in [2.45, 2.75) is 51.2 Å². The van der Waals surface area contributed by atoms with Gasteiger partial charge in [0.2, 0.25) is 5.91 Å². The summed E-state index contributed by atoms with van der Waals surface area (Å²) in [6.45, 7) is 5.89. The quantitative estimate of drug-likeness (QED) is 0.802. The molecule has 3 heterocycles. The molecule has 2 saturated heterocycles. The number of aliphatic hydroxyl groups excluding tert-OH is 1. The Morgan fingerprint density at radius 3 is 2.59 bits per heavy atom. The number of hydrogen-bond acceptors (Lipinski definition) is 6. The van der Waals surface area contributed by atoms with Crippen molar-refractivity contribution >= 4 is 5.91 Å². The van der Waals surface area contributed by atoms with Gasteiger partial charge in [0.25, 0.3) is 0 Å². The van der Waals surface area contributed by atoms with Crippen molar-refractivity contribution in [1.29, 1.82) is 0 Å². The van der Waals surface area contributed by atoms with E-state index in [2.05, 4.69) is 20.7 Å². The zero-order valence-electron chi connectivity index (χ0n) is 16.8. The molecule has 2 N–H and O–H groups in total. The highest BCUT2D eigenvalue weighted by Gasteiger charge is 2.39. The molecule has 0 radical (unpaired) electrons. The molecule has 2 aliphatic rings. The van der Waals surface area contributed by atoms with Crippen LogP contribution in [0.15, 0.2) is 24.3 Å². The summed E-state index contributed by atoms with van der Waals surface area (Å²) in [5.41, 5.74) is 0.439. The van der Waals surface area contributed by atoms with Gasteiger partial charge in [-0.15, -0.1) is 15.0 Å². The number of rotatable bonds is 3. The predicted octanol–water partition coefficient (Wildman–Crippen LogP) is 1.26. The molecule has 0 aliphatic carbocycles. The summed E-state index contributed by atoms with van der Waals surface area (Å²) in [5.74, 6) is 0.530. The van der Waals surface area contributed by atoms with E-state index in [1.807, 2.05) is 18.7 Å². The maximum absolute atomic E-state index is 13.1. The van der Waals surface area contributed by atoms with E-state index in [9.17, 15) is 14.3 Å². The van der Waals surface area contributed by atoms with E-state index in [1.54, 1.807) is 12.1 Å². The minimum absolute atomic E-state index is 0.0564. The lowest BCUT2D eigenvalue weighted by molar-refractivity contribution is -0.137. The minimum atomic E-state index is -0.485. The lowest BCUT2D eigenvalue weighted by Gasteiger charge is -2.41. The van der Waals surface area contributed by atoms with Crippen molar-refractivity contribution in [1.82, 2.24) is 30.4 Å². The smallest absolute Gasteiger partial charge is 0.239 e. The molecule has 2 aliphatic heterocycles. The molecule has 2 fully saturated rings. The zero-order valence-corrected chi connectivity index (χ0v) is 16.8. The number of nitrogens with one attached hydrogen (secondary N) is 1. The topological polar surface area (TPSA) is 96.2 Å². The van der Waals surface area contributed by atoms with Gasteiger partial charge in [0, 0.05) is 31.0 Å². The van der Waals surface area contributed by atoms with Gasteiger partial charge in [-0.2, -0.15) is 0 Å². The van der Waals surface area contributed by atoms with Crippen molar-refractivity contribution in [3.05, 3.63) is 35.9 Å². The fourth-order valence-electron chi connectivity index (χ4n) is 3.97. The average Bonchev–Trinajstić information content (AvgIpc) is 3.20. The highest BCUT2D eigenvalue weighted by molar-refractivity contribution is 5.82. The van der Waals surface area contributed by atoms with Gasteiger partial charge >= 0.3 is 0 Å². The third-order valence-corrected chi connectivity index (χ3v) is 6.12. The summed E-state index contributed by atoms with van der Waals surface area (Å²) in [6, 6.07) is 5.61. The van der Waals surface area contributed by atoms with Gasteiger partial charge in [-0.25, -0.2) is 4.39 Å². The van der Waals surface area contributed by atoms with E-state index >= 15 is 0 Å².